The maximum atomic E-state index is 12.6. The third-order valence-electron chi connectivity index (χ3n) is 4.08. The first-order valence-electron chi connectivity index (χ1n) is 8.50. The number of benzene rings is 3. The maximum absolute atomic E-state index is 12.6. The van der Waals surface area contributed by atoms with E-state index in [9.17, 15) is 23.3 Å². The maximum Gasteiger partial charge on any atom is 0.269 e. The summed E-state index contributed by atoms with van der Waals surface area (Å²) in [7, 11) is -4.04. The number of rotatable bonds is 6. The number of carbonyl (C=O) groups excluding carboxylic acids is 1. The fraction of sp³-hybridized carbons (Fsp3) is 0.0500. The number of amides is 1. The molecule has 0 bridgehead atoms. The largest absolute Gasteiger partial charge is 0.322 e. The second kappa shape index (κ2) is 8.11. The van der Waals surface area contributed by atoms with Gasteiger partial charge in [-0.25, -0.2) is 8.42 Å². The summed E-state index contributed by atoms with van der Waals surface area (Å²) in [5.41, 5.74) is 1.63. The van der Waals surface area contributed by atoms with Gasteiger partial charge in [-0.05, 0) is 43.3 Å². The van der Waals surface area contributed by atoms with Gasteiger partial charge >= 0.3 is 0 Å². The van der Waals surface area contributed by atoms with Gasteiger partial charge in [-0.1, -0.05) is 29.8 Å². The lowest BCUT2D eigenvalue weighted by Gasteiger charge is -2.13. The van der Waals surface area contributed by atoms with Gasteiger partial charge in [0.15, 0.2) is 0 Å². The number of sulfonamides is 1. The number of carbonyl (C=O) groups is 1. The van der Waals surface area contributed by atoms with E-state index < -0.39 is 20.9 Å². The third kappa shape index (κ3) is 4.77. The van der Waals surface area contributed by atoms with Gasteiger partial charge in [-0.15, -0.1) is 0 Å². The van der Waals surface area contributed by atoms with Crippen LogP contribution in [0.15, 0.2) is 77.7 Å². The van der Waals surface area contributed by atoms with Crippen molar-refractivity contribution in [1.29, 1.82) is 0 Å². The second-order valence-electron chi connectivity index (χ2n) is 6.22. The van der Waals surface area contributed by atoms with Crippen molar-refractivity contribution < 1.29 is 18.1 Å². The van der Waals surface area contributed by atoms with Gasteiger partial charge in [0.2, 0.25) is 0 Å². The van der Waals surface area contributed by atoms with Crippen LogP contribution in [0.1, 0.15) is 15.9 Å². The number of aryl methyl sites for hydroxylation is 1. The van der Waals surface area contributed by atoms with Crippen molar-refractivity contribution in [3.05, 3.63) is 94.0 Å². The predicted octanol–water partition coefficient (Wildman–Crippen LogP) is 3.96. The van der Waals surface area contributed by atoms with Crippen molar-refractivity contribution in [3.8, 4) is 0 Å². The summed E-state index contributed by atoms with van der Waals surface area (Å²) in [4.78, 5) is 22.6. The van der Waals surface area contributed by atoms with Crippen molar-refractivity contribution in [2.75, 3.05) is 10.0 Å². The first kappa shape index (κ1) is 20.0. The van der Waals surface area contributed by atoms with E-state index in [0.717, 1.165) is 29.8 Å². The Kier molecular flexibility index (Phi) is 5.60. The van der Waals surface area contributed by atoms with Gasteiger partial charge < -0.3 is 5.32 Å². The lowest BCUT2D eigenvalue weighted by molar-refractivity contribution is -0.384. The summed E-state index contributed by atoms with van der Waals surface area (Å²) < 4.78 is 27.7. The molecule has 0 atom stereocenters. The Labute approximate surface area is 167 Å². The molecule has 0 unspecified atom stereocenters. The fourth-order valence-electron chi connectivity index (χ4n) is 2.56. The molecule has 0 saturated heterocycles. The quantitative estimate of drug-likeness (QED) is 0.470. The number of non-ortho nitro benzene ring substituents is 1. The second-order valence-corrected chi connectivity index (χ2v) is 7.90. The Bertz CT molecular complexity index is 1160. The Morgan fingerprint density at radius 3 is 2.17 bits per heavy atom. The molecule has 29 heavy (non-hydrogen) atoms. The van der Waals surface area contributed by atoms with Crippen molar-refractivity contribution in [3.63, 3.8) is 0 Å². The number of hydrogen-bond donors (Lipinski definition) is 2. The highest BCUT2D eigenvalue weighted by Crippen LogP contribution is 2.23. The number of nitrogens with zero attached hydrogens (tertiary/aromatic N) is 1. The van der Waals surface area contributed by atoms with Crippen molar-refractivity contribution in [1.82, 2.24) is 0 Å². The zero-order chi connectivity index (χ0) is 21.0. The molecule has 0 aromatic heterocycles. The highest BCUT2D eigenvalue weighted by molar-refractivity contribution is 7.92. The van der Waals surface area contributed by atoms with Crippen LogP contribution in [0.2, 0.25) is 0 Å². The Balaban J connectivity index is 1.85. The SMILES string of the molecule is Cc1ccc(NC(=O)c2ccccc2NS(=O)(=O)c2ccc([N+](=O)[O-])cc2)cc1. The highest BCUT2D eigenvalue weighted by Gasteiger charge is 2.19. The molecule has 3 aromatic rings. The van der Waals surface area contributed by atoms with Crippen LogP contribution in [0.4, 0.5) is 17.1 Å². The Hall–Kier alpha value is -3.72. The van der Waals surface area contributed by atoms with Crippen molar-refractivity contribution in [2.45, 2.75) is 11.8 Å². The minimum absolute atomic E-state index is 0.0930. The average Bonchev–Trinajstić information content (AvgIpc) is 2.70. The van der Waals surface area contributed by atoms with E-state index in [4.69, 9.17) is 0 Å². The average molecular weight is 411 g/mol. The van der Waals surface area contributed by atoms with E-state index in [1.807, 2.05) is 19.1 Å². The lowest BCUT2D eigenvalue weighted by Crippen LogP contribution is -2.18. The number of nitro groups is 1. The van der Waals surface area contributed by atoms with E-state index in [0.29, 0.717) is 5.69 Å². The number of hydrogen-bond acceptors (Lipinski definition) is 5. The third-order valence-corrected chi connectivity index (χ3v) is 5.46. The summed E-state index contributed by atoms with van der Waals surface area (Å²) >= 11 is 0. The molecule has 0 spiro atoms. The zero-order valence-electron chi connectivity index (χ0n) is 15.3. The summed E-state index contributed by atoms with van der Waals surface area (Å²) in [6.45, 7) is 1.92. The molecular weight excluding hydrogens is 394 g/mol. The molecule has 2 N–H and O–H groups in total. The molecule has 0 fully saturated rings. The van der Waals surface area contributed by atoms with Gasteiger partial charge in [0.1, 0.15) is 0 Å². The van der Waals surface area contributed by atoms with E-state index in [-0.39, 0.29) is 21.8 Å². The molecule has 0 aliphatic carbocycles. The van der Waals surface area contributed by atoms with Crippen LogP contribution in [0.25, 0.3) is 0 Å². The molecule has 9 heteroatoms. The Morgan fingerprint density at radius 2 is 1.55 bits per heavy atom. The van der Waals surface area contributed by atoms with Crippen molar-refractivity contribution in [2.24, 2.45) is 0 Å². The smallest absolute Gasteiger partial charge is 0.269 e. The molecule has 8 nitrogen and oxygen atoms in total. The van der Waals surface area contributed by atoms with E-state index in [1.54, 1.807) is 24.3 Å². The summed E-state index contributed by atoms with van der Waals surface area (Å²) in [5.74, 6) is -0.476. The number of anilines is 2. The fourth-order valence-corrected chi connectivity index (χ4v) is 3.64. The van der Waals surface area contributed by atoms with Gasteiger partial charge in [0.05, 0.1) is 21.1 Å². The predicted molar refractivity (Wildman–Crippen MR) is 109 cm³/mol. The number of nitrogens with one attached hydrogen (secondary N) is 2. The molecule has 1 amide bonds. The minimum Gasteiger partial charge on any atom is -0.322 e. The van der Waals surface area contributed by atoms with Gasteiger partial charge in [0.25, 0.3) is 21.6 Å². The normalized spacial score (nSPS) is 10.9. The monoisotopic (exact) mass is 411 g/mol. The lowest BCUT2D eigenvalue weighted by atomic mass is 10.1. The van der Waals surface area contributed by atoms with E-state index >= 15 is 0 Å². The Morgan fingerprint density at radius 1 is 0.931 bits per heavy atom. The molecule has 0 radical (unpaired) electrons. The molecule has 0 aliphatic rings. The van der Waals surface area contributed by atoms with Crippen LogP contribution in [0.3, 0.4) is 0 Å². The first-order chi connectivity index (χ1) is 13.8. The molecule has 148 valence electrons. The van der Waals surface area contributed by atoms with E-state index in [2.05, 4.69) is 10.0 Å². The minimum atomic E-state index is -4.04. The van der Waals surface area contributed by atoms with Crippen LogP contribution < -0.4 is 10.0 Å². The first-order valence-corrected chi connectivity index (χ1v) is 9.99. The van der Waals surface area contributed by atoms with Gasteiger partial charge in [-0.2, -0.15) is 0 Å². The molecular formula is C20H17N3O5S. The molecule has 0 aliphatic heterocycles. The van der Waals surface area contributed by atoms with Crippen LogP contribution in [-0.2, 0) is 10.0 Å². The van der Waals surface area contributed by atoms with Gasteiger partial charge in [0, 0.05) is 17.8 Å². The molecule has 3 aromatic carbocycles. The summed E-state index contributed by atoms with van der Waals surface area (Å²) in [6.07, 6.45) is 0. The van der Waals surface area contributed by atoms with Crippen LogP contribution in [-0.4, -0.2) is 19.2 Å². The van der Waals surface area contributed by atoms with Crippen LogP contribution in [0.5, 0.6) is 0 Å². The molecule has 3 rings (SSSR count). The standard InChI is InChI=1S/C20H17N3O5S/c1-14-6-8-15(9-7-14)21-20(24)18-4-2-3-5-19(18)22-29(27,28)17-12-10-16(11-13-17)23(25)26/h2-13,22H,1H3,(H,21,24). The van der Waals surface area contributed by atoms with Crippen LogP contribution >= 0.6 is 0 Å². The number of nitro benzene ring substituents is 1. The summed E-state index contributed by atoms with van der Waals surface area (Å²) in [5, 5.41) is 13.5. The molecule has 0 heterocycles. The number of para-hydroxylation sites is 1. The van der Waals surface area contributed by atoms with Gasteiger partial charge in [-0.3, -0.25) is 19.6 Å². The van der Waals surface area contributed by atoms with Crippen LogP contribution in [0, 0.1) is 17.0 Å². The zero-order valence-corrected chi connectivity index (χ0v) is 16.1. The summed E-state index contributed by atoms with van der Waals surface area (Å²) in [6, 6.07) is 17.8. The van der Waals surface area contributed by atoms with Crippen molar-refractivity contribution >= 4 is 33.0 Å². The topological polar surface area (TPSA) is 118 Å². The highest BCUT2D eigenvalue weighted by atomic mass is 32.2. The van der Waals surface area contributed by atoms with E-state index in [1.165, 1.54) is 12.1 Å². The molecule has 0 saturated carbocycles.